The summed E-state index contributed by atoms with van der Waals surface area (Å²) in [6.07, 6.45) is 1.44. The summed E-state index contributed by atoms with van der Waals surface area (Å²) in [5.74, 6) is 0. The Balaban J connectivity index is 1.71. The largest absolute Gasteiger partial charge is 0.390 e. The number of rotatable bonds is 2. The summed E-state index contributed by atoms with van der Waals surface area (Å²) in [5, 5.41) is 19.6. The van der Waals surface area contributed by atoms with Crippen LogP contribution < -0.4 is 10.6 Å². The fraction of sp³-hybridized carbons (Fsp3) is 0.250. The van der Waals surface area contributed by atoms with E-state index in [1.165, 1.54) is 6.20 Å². The number of nitrogens with one attached hydrogen (secondary N) is 2. The highest BCUT2D eigenvalue weighted by atomic mass is 32.1. The first kappa shape index (κ1) is 12.1. The molecule has 0 fully saturated rings. The van der Waals surface area contributed by atoms with Crippen molar-refractivity contribution < 1.29 is 9.90 Å². The van der Waals surface area contributed by atoms with Crippen LogP contribution >= 0.6 is 11.5 Å². The first-order chi connectivity index (χ1) is 9.24. The molecule has 98 valence electrons. The molecule has 1 aliphatic rings. The SMILES string of the molecule is O=C(Nc1cnns1)N[C@H]1c2ccccc2C[C@H]1O. The van der Waals surface area contributed by atoms with Gasteiger partial charge in [0, 0.05) is 18.0 Å². The highest BCUT2D eigenvalue weighted by Gasteiger charge is 2.31. The van der Waals surface area contributed by atoms with Crippen LogP contribution in [-0.2, 0) is 6.42 Å². The van der Waals surface area contributed by atoms with E-state index in [-0.39, 0.29) is 12.1 Å². The number of anilines is 1. The smallest absolute Gasteiger partial charge is 0.320 e. The molecule has 2 aromatic rings. The second-order valence-electron chi connectivity index (χ2n) is 4.33. The van der Waals surface area contributed by atoms with E-state index in [4.69, 9.17) is 0 Å². The lowest BCUT2D eigenvalue weighted by molar-refractivity contribution is 0.144. The number of urea groups is 1. The summed E-state index contributed by atoms with van der Waals surface area (Å²) in [6, 6.07) is 6.97. The van der Waals surface area contributed by atoms with E-state index < -0.39 is 6.10 Å². The highest BCUT2D eigenvalue weighted by molar-refractivity contribution is 7.10. The standard InChI is InChI=1S/C12H12N4O2S/c17-9-5-7-3-1-2-4-8(7)11(9)15-12(18)14-10-6-13-16-19-10/h1-4,6,9,11,17H,5H2,(H2,14,15,18)/t9-,11+/m1/s1. The van der Waals surface area contributed by atoms with Gasteiger partial charge in [0.2, 0.25) is 0 Å². The van der Waals surface area contributed by atoms with Crippen molar-refractivity contribution in [3.8, 4) is 0 Å². The van der Waals surface area contributed by atoms with Crippen molar-refractivity contribution in [2.24, 2.45) is 0 Å². The molecule has 0 spiro atoms. The Morgan fingerprint density at radius 1 is 1.42 bits per heavy atom. The van der Waals surface area contributed by atoms with Gasteiger partial charge in [-0.15, -0.1) is 5.10 Å². The molecule has 0 radical (unpaired) electrons. The molecule has 1 aliphatic carbocycles. The number of amides is 2. The first-order valence-corrected chi connectivity index (χ1v) is 6.62. The van der Waals surface area contributed by atoms with Crippen molar-refractivity contribution in [3.05, 3.63) is 41.6 Å². The monoisotopic (exact) mass is 276 g/mol. The van der Waals surface area contributed by atoms with Crippen molar-refractivity contribution in [2.75, 3.05) is 5.32 Å². The van der Waals surface area contributed by atoms with Crippen LogP contribution in [-0.4, -0.2) is 26.8 Å². The molecule has 3 rings (SSSR count). The molecule has 0 unspecified atom stereocenters. The molecular weight excluding hydrogens is 264 g/mol. The number of benzene rings is 1. The van der Waals surface area contributed by atoms with Gasteiger partial charge in [0.1, 0.15) is 5.00 Å². The van der Waals surface area contributed by atoms with Crippen LogP contribution in [0.4, 0.5) is 9.80 Å². The Hall–Kier alpha value is -1.99. The van der Waals surface area contributed by atoms with E-state index in [1.807, 2.05) is 24.3 Å². The van der Waals surface area contributed by atoms with E-state index in [0.29, 0.717) is 11.4 Å². The third-order valence-electron chi connectivity index (χ3n) is 3.09. The molecule has 1 heterocycles. The predicted octanol–water partition coefficient (Wildman–Crippen LogP) is 1.32. The third kappa shape index (κ3) is 2.42. The molecule has 1 aromatic heterocycles. The van der Waals surface area contributed by atoms with Gasteiger partial charge in [-0.25, -0.2) is 4.79 Å². The summed E-state index contributed by atoms with van der Waals surface area (Å²) in [4.78, 5) is 11.8. The lowest BCUT2D eigenvalue weighted by atomic mass is 10.1. The van der Waals surface area contributed by atoms with Crippen molar-refractivity contribution in [1.29, 1.82) is 0 Å². The second kappa shape index (κ2) is 4.94. The average molecular weight is 276 g/mol. The third-order valence-corrected chi connectivity index (χ3v) is 3.67. The highest BCUT2D eigenvalue weighted by Crippen LogP contribution is 2.31. The number of aliphatic hydroxyl groups is 1. The number of aliphatic hydroxyl groups excluding tert-OH is 1. The number of hydrogen-bond donors (Lipinski definition) is 3. The van der Waals surface area contributed by atoms with Gasteiger partial charge in [-0.2, -0.15) is 0 Å². The lowest BCUT2D eigenvalue weighted by Gasteiger charge is -2.17. The van der Waals surface area contributed by atoms with Crippen molar-refractivity contribution in [3.63, 3.8) is 0 Å². The maximum absolute atomic E-state index is 11.8. The van der Waals surface area contributed by atoms with Crippen LogP contribution in [0.2, 0.25) is 0 Å². The fourth-order valence-electron chi connectivity index (χ4n) is 2.26. The average Bonchev–Trinajstić information content (AvgIpc) is 2.99. The minimum atomic E-state index is -0.595. The Kier molecular flexibility index (Phi) is 3.14. The van der Waals surface area contributed by atoms with Crippen LogP contribution in [0.1, 0.15) is 17.2 Å². The Morgan fingerprint density at radius 3 is 3.05 bits per heavy atom. The van der Waals surface area contributed by atoms with Gasteiger partial charge in [-0.3, -0.25) is 5.32 Å². The van der Waals surface area contributed by atoms with Gasteiger partial charge in [0.05, 0.1) is 18.3 Å². The predicted molar refractivity (Wildman–Crippen MR) is 71.0 cm³/mol. The number of carbonyl (C=O) groups is 1. The summed E-state index contributed by atoms with van der Waals surface area (Å²) in [7, 11) is 0. The lowest BCUT2D eigenvalue weighted by Crippen LogP contribution is -2.36. The first-order valence-electron chi connectivity index (χ1n) is 5.85. The molecule has 0 saturated heterocycles. The van der Waals surface area contributed by atoms with E-state index in [1.54, 1.807) is 0 Å². The van der Waals surface area contributed by atoms with Gasteiger partial charge in [0.25, 0.3) is 0 Å². The molecule has 2 atom stereocenters. The molecule has 19 heavy (non-hydrogen) atoms. The van der Waals surface area contributed by atoms with Gasteiger partial charge in [-0.05, 0) is 11.1 Å². The quantitative estimate of drug-likeness (QED) is 0.772. The van der Waals surface area contributed by atoms with Gasteiger partial charge < -0.3 is 10.4 Å². The Morgan fingerprint density at radius 2 is 2.26 bits per heavy atom. The van der Waals surface area contributed by atoms with E-state index >= 15 is 0 Å². The Bertz CT molecular complexity index is 587. The van der Waals surface area contributed by atoms with Gasteiger partial charge in [-0.1, -0.05) is 28.8 Å². The summed E-state index contributed by atoms with van der Waals surface area (Å²) >= 11 is 1.10. The molecule has 3 N–H and O–H groups in total. The normalized spacial score (nSPS) is 20.9. The number of carbonyl (C=O) groups excluding carboxylic acids is 1. The summed E-state index contributed by atoms with van der Waals surface area (Å²) < 4.78 is 3.66. The molecule has 0 saturated carbocycles. The molecule has 1 aromatic carbocycles. The zero-order valence-corrected chi connectivity index (χ0v) is 10.7. The minimum Gasteiger partial charge on any atom is -0.390 e. The molecule has 7 heteroatoms. The zero-order chi connectivity index (χ0) is 13.2. The fourth-order valence-corrected chi connectivity index (χ4v) is 2.67. The van der Waals surface area contributed by atoms with Gasteiger partial charge >= 0.3 is 6.03 Å². The minimum absolute atomic E-state index is 0.369. The summed E-state index contributed by atoms with van der Waals surface area (Å²) in [6.45, 7) is 0. The van der Waals surface area contributed by atoms with Crippen molar-refractivity contribution in [1.82, 2.24) is 14.9 Å². The molecule has 2 amide bonds. The van der Waals surface area contributed by atoms with E-state index in [2.05, 4.69) is 20.2 Å². The molecule has 0 bridgehead atoms. The van der Waals surface area contributed by atoms with Crippen molar-refractivity contribution in [2.45, 2.75) is 18.6 Å². The van der Waals surface area contributed by atoms with E-state index in [0.717, 1.165) is 22.7 Å². The van der Waals surface area contributed by atoms with Crippen LogP contribution in [0, 0.1) is 0 Å². The van der Waals surface area contributed by atoms with Gasteiger partial charge in [0.15, 0.2) is 0 Å². The number of hydrogen-bond acceptors (Lipinski definition) is 5. The number of nitrogens with zero attached hydrogens (tertiary/aromatic N) is 2. The number of aromatic nitrogens is 2. The van der Waals surface area contributed by atoms with Crippen LogP contribution in [0.5, 0.6) is 0 Å². The second-order valence-corrected chi connectivity index (χ2v) is 5.11. The van der Waals surface area contributed by atoms with Crippen molar-refractivity contribution >= 4 is 22.6 Å². The Labute approximate surface area is 113 Å². The maximum Gasteiger partial charge on any atom is 0.320 e. The molecular formula is C12H12N4O2S. The summed E-state index contributed by atoms with van der Waals surface area (Å²) in [5.41, 5.74) is 2.03. The van der Waals surface area contributed by atoms with E-state index in [9.17, 15) is 9.90 Å². The maximum atomic E-state index is 11.8. The van der Waals surface area contributed by atoms with Crippen LogP contribution in [0.15, 0.2) is 30.5 Å². The topological polar surface area (TPSA) is 87.1 Å². The van der Waals surface area contributed by atoms with Crippen LogP contribution in [0.25, 0.3) is 0 Å². The molecule has 0 aliphatic heterocycles. The number of fused-ring (bicyclic) bond motifs is 1. The zero-order valence-electron chi connectivity index (χ0n) is 9.91. The molecule has 6 nitrogen and oxygen atoms in total. The van der Waals surface area contributed by atoms with Crippen LogP contribution in [0.3, 0.4) is 0 Å².